The Hall–Kier alpha value is -3.11. The molecule has 2 aromatic heterocycles. The molecule has 0 bridgehead atoms. The van der Waals surface area contributed by atoms with Crippen LogP contribution in [0.3, 0.4) is 0 Å². The average Bonchev–Trinajstić information content (AvgIpc) is 3.59. The van der Waals surface area contributed by atoms with E-state index in [9.17, 15) is 0 Å². The molecule has 1 fully saturated rings. The van der Waals surface area contributed by atoms with E-state index in [0.29, 0.717) is 26.4 Å². The van der Waals surface area contributed by atoms with Crippen molar-refractivity contribution in [2.75, 3.05) is 12.9 Å². The summed E-state index contributed by atoms with van der Waals surface area (Å²) >= 11 is 3.25. The summed E-state index contributed by atoms with van der Waals surface area (Å²) in [6, 6.07) is 30.6. The fraction of sp³-hybridized carbons (Fsp3) is 0.294. The fourth-order valence-electron chi connectivity index (χ4n) is 5.43. The number of thioether (sulfide) groups is 1. The summed E-state index contributed by atoms with van der Waals surface area (Å²) in [5, 5.41) is 4.10. The van der Waals surface area contributed by atoms with E-state index in [1.165, 1.54) is 0 Å². The zero-order valence-corrected chi connectivity index (χ0v) is 25.4. The summed E-state index contributed by atoms with van der Waals surface area (Å²) in [5.41, 5.74) is 3.36. The van der Waals surface area contributed by atoms with Gasteiger partial charge in [-0.25, -0.2) is 9.97 Å². The Balaban J connectivity index is 1.34. The van der Waals surface area contributed by atoms with E-state index in [-0.39, 0.29) is 6.10 Å². The molecule has 0 N–H and O–H groups in total. The normalized spacial score (nSPS) is 22.1. The van der Waals surface area contributed by atoms with Gasteiger partial charge in [0.1, 0.15) is 35.3 Å². The minimum absolute atomic E-state index is 0.359. The van der Waals surface area contributed by atoms with Crippen LogP contribution in [-0.2, 0) is 38.8 Å². The molecule has 6 rings (SSSR count). The number of thiophene rings is 1. The molecule has 6 nitrogen and oxygen atoms in total. The topological polar surface area (TPSA) is 62.7 Å². The maximum absolute atomic E-state index is 6.90. The molecule has 1 aliphatic rings. The molecule has 0 unspecified atom stereocenters. The Morgan fingerprint density at radius 1 is 0.833 bits per heavy atom. The van der Waals surface area contributed by atoms with E-state index in [1.807, 2.05) is 60.9 Å². The highest BCUT2D eigenvalue weighted by atomic mass is 32.2. The van der Waals surface area contributed by atoms with Crippen molar-refractivity contribution in [3.05, 3.63) is 124 Å². The number of ether oxygens (including phenoxy) is 4. The standard InChI is InChI=1S/C34H34N2O4S2/c1-34(39-20-26-16-10-5-11-17-26)31(38-19-25-14-8-4-9-15-25)28(21-37-18-24-12-6-3-7-13-24)40-32(34)30-29-27(22-42-30)33(41-2)36-23-35-29/h3-17,22-23,28,31-32H,18-21H2,1-2H3/t28-,31-,32+,34-/m1/s1. The van der Waals surface area contributed by atoms with Crippen molar-refractivity contribution in [1.82, 2.24) is 9.97 Å². The second-order valence-corrected chi connectivity index (χ2v) is 12.2. The lowest BCUT2D eigenvalue weighted by Crippen LogP contribution is -2.47. The Bertz CT molecular complexity index is 1570. The third kappa shape index (κ3) is 6.29. The quantitative estimate of drug-likeness (QED) is 0.108. The molecule has 5 aromatic rings. The summed E-state index contributed by atoms with van der Waals surface area (Å²) in [6.07, 6.45) is 2.49. The van der Waals surface area contributed by atoms with Crippen molar-refractivity contribution in [1.29, 1.82) is 0 Å². The van der Waals surface area contributed by atoms with Crippen LogP contribution >= 0.6 is 23.1 Å². The largest absolute Gasteiger partial charge is 0.374 e. The molecular formula is C34H34N2O4S2. The maximum atomic E-state index is 6.90. The van der Waals surface area contributed by atoms with Gasteiger partial charge < -0.3 is 18.9 Å². The fourth-order valence-corrected chi connectivity index (χ4v) is 7.19. The first kappa shape index (κ1) is 29.0. The van der Waals surface area contributed by atoms with Gasteiger partial charge in [0.25, 0.3) is 0 Å². The van der Waals surface area contributed by atoms with Crippen molar-refractivity contribution < 1.29 is 18.9 Å². The highest BCUT2D eigenvalue weighted by Gasteiger charge is 2.57. The molecule has 1 aliphatic heterocycles. The first-order valence-corrected chi connectivity index (χ1v) is 16.1. The van der Waals surface area contributed by atoms with E-state index < -0.39 is 17.8 Å². The number of fused-ring (bicyclic) bond motifs is 1. The van der Waals surface area contributed by atoms with Crippen molar-refractivity contribution >= 4 is 34.0 Å². The Kier molecular flexibility index (Phi) is 9.29. The van der Waals surface area contributed by atoms with Gasteiger partial charge in [-0.2, -0.15) is 0 Å². The molecule has 0 saturated carbocycles. The van der Waals surface area contributed by atoms with Gasteiger partial charge in [0.15, 0.2) is 0 Å². The molecule has 4 atom stereocenters. The monoisotopic (exact) mass is 598 g/mol. The molecule has 3 aromatic carbocycles. The third-order valence-electron chi connectivity index (χ3n) is 7.61. The van der Waals surface area contributed by atoms with E-state index in [4.69, 9.17) is 23.9 Å². The van der Waals surface area contributed by atoms with Crippen LogP contribution in [0.5, 0.6) is 0 Å². The van der Waals surface area contributed by atoms with Crippen LogP contribution in [0.15, 0.2) is 108 Å². The summed E-state index contributed by atoms with van der Waals surface area (Å²) in [7, 11) is 0. The Labute approximate surface area is 255 Å². The zero-order valence-electron chi connectivity index (χ0n) is 23.7. The number of aromatic nitrogens is 2. The van der Waals surface area contributed by atoms with Crippen molar-refractivity contribution in [3.63, 3.8) is 0 Å². The lowest BCUT2D eigenvalue weighted by Gasteiger charge is -2.35. The van der Waals surface area contributed by atoms with Gasteiger partial charge in [-0.05, 0) is 29.9 Å². The average molecular weight is 599 g/mol. The van der Waals surface area contributed by atoms with Crippen molar-refractivity contribution in [3.8, 4) is 0 Å². The number of benzene rings is 3. The predicted molar refractivity (Wildman–Crippen MR) is 168 cm³/mol. The summed E-state index contributed by atoms with van der Waals surface area (Å²) < 4.78 is 26.7. The summed E-state index contributed by atoms with van der Waals surface area (Å²) in [4.78, 5) is 10.2. The maximum Gasteiger partial charge on any atom is 0.126 e. The van der Waals surface area contributed by atoms with Crippen LogP contribution in [0.25, 0.3) is 10.9 Å². The molecule has 0 aliphatic carbocycles. The van der Waals surface area contributed by atoms with Gasteiger partial charge in [-0.15, -0.1) is 23.1 Å². The molecule has 1 saturated heterocycles. The number of rotatable bonds is 12. The third-order valence-corrected chi connectivity index (χ3v) is 9.34. The molecule has 8 heteroatoms. The Morgan fingerprint density at radius 3 is 2.10 bits per heavy atom. The van der Waals surface area contributed by atoms with Crippen LogP contribution in [0.2, 0.25) is 0 Å². The van der Waals surface area contributed by atoms with Crippen LogP contribution in [0, 0.1) is 0 Å². The van der Waals surface area contributed by atoms with Gasteiger partial charge in [0.05, 0.1) is 36.8 Å². The molecule has 0 spiro atoms. The Morgan fingerprint density at radius 2 is 1.45 bits per heavy atom. The number of hydrogen-bond donors (Lipinski definition) is 0. The SMILES string of the molecule is CSc1ncnc2c([C@@H]3O[C@H](COCc4ccccc4)[C@@H](OCc4ccccc4)[C@@]3(C)OCc3ccccc3)scc12. The second kappa shape index (κ2) is 13.5. The van der Waals surface area contributed by atoms with E-state index >= 15 is 0 Å². The number of hydrogen-bond acceptors (Lipinski definition) is 8. The van der Waals surface area contributed by atoms with E-state index in [1.54, 1.807) is 29.4 Å². The summed E-state index contributed by atoms with van der Waals surface area (Å²) in [5.74, 6) is 0. The minimum atomic E-state index is -0.826. The van der Waals surface area contributed by atoms with Gasteiger partial charge in [0, 0.05) is 10.8 Å². The highest BCUT2D eigenvalue weighted by Crippen LogP contribution is 2.50. The lowest BCUT2D eigenvalue weighted by atomic mass is 9.90. The van der Waals surface area contributed by atoms with Gasteiger partial charge >= 0.3 is 0 Å². The first-order chi connectivity index (χ1) is 20.7. The predicted octanol–water partition coefficient (Wildman–Crippen LogP) is 7.63. The zero-order chi connectivity index (χ0) is 28.8. The molecule has 0 radical (unpaired) electrons. The van der Waals surface area contributed by atoms with Crippen LogP contribution in [0.1, 0.15) is 34.6 Å². The molecule has 0 amide bonds. The number of nitrogens with zero attached hydrogens (tertiary/aromatic N) is 2. The van der Waals surface area contributed by atoms with Gasteiger partial charge in [0.2, 0.25) is 0 Å². The second-order valence-electron chi connectivity index (χ2n) is 10.5. The van der Waals surface area contributed by atoms with Crippen LogP contribution < -0.4 is 0 Å². The van der Waals surface area contributed by atoms with Crippen molar-refractivity contribution in [2.45, 2.75) is 55.7 Å². The lowest BCUT2D eigenvalue weighted by molar-refractivity contribution is -0.147. The van der Waals surface area contributed by atoms with Crippen LogP contribution in [0.4, 0.5) is 0 Å². The van der Waals surface area contributed by atoms with Crippen LogP contribution in [-0.4, -0.2) is 40.6 Å². The molecule has 3 heterocycles. The highest BCUT2D eigenvalue weighted by molar-refractivity contribution is 7.98. The van der Waals surface area contributed by atoms with Gasteiger partial charge in [-0.3, -0.25) is 0 Å². The molecular weight excluding hydrogens is 565 g/mol. The molecule has 42 heavy (non-hydrogen) atoms. The molecule has 216 valence electrons. The minimum Gasteiger partial charge on any atom is -0.374 e. The summed E-state index contributed by atoms with van der Waals surface area (Å²) in [6.45, 7) is 3.82. The van der Waals surface area contributed by atoms with Gasteiger partial charge in [-0.1, -0.05) is 91.0 Å². The smallest absolute Gasteiger partial charge is 0.126 e. The van der Waals surface area contributed by atoms with E-state index in [2.05, 4.69) is 53.7 Å². The van der Waals surface area contributed by atoms with Crippen molar-refractivity contribution in [2.24, 2.45) is 0 Å². The first-order valence-electron chi connectivity index (χ1n) is 14.0. The van der Waals surface area contributed by atoms with E-state index in [0.717, 1.165) is 37.5 Å².